The molecule has 2 heterocycles. The van der Waals surface area contributed by atoms with Crippen LogP contribution in [0.1, 0.15) is 33.1 Å². The van der Waals surface area contributed by atoms with E-state index in [2.05, 4.69) is 10.4 Å². The second-order valence-electron chi connectivity index (χ2n) is 6.03. The average Bonchev–Trinajstić information content (AvgIpc) is 3.14. The Morgan fingerprint density at radius 1 is 1.20 bits per heavy atom. The Hall–Kier alpha value is -3.02. The summed E-state index contributed by atoms with van der Waals surface area (Å²) in [6.07, 6.45) is 1.75. The third-order valence-electron chi connectivity index (χ3n) is 3.91. The summed E-state index contributed by atoms with van der Waals surface area (Å²) in [7, 11) is 1.80. The maximum absolute atomic E-state index is 12.3. The molecule has 0 atom stereocenters. The van der Waals surface area contributed by atoms with Gasteiger partial charge in [-0.15, -0.1) is 0 Å². The maximum Gasteiger partial charge on any atom is 0.291 e. The third-order valence-corrected chi connectivity index (χ3v) is 3.91. The molecule has 0 aliphatic rings. The first-order valence-corrected chi connectivity index (χ1v) is 8.03. The summed E-state index contributed by atoms with van der Waals surface area (Å²) in [4.78, 5) is 12.3. The molecule has 130 valence electrons. The van der Waals surface area contributed by atoms with Crippen molar-refractivity contribution in [2.75, 3.05) is 5.32 Å². The zero-order chi connectivity index (χ0) is 18.0. The number of nitrogens with one attached hydrogen (secondary N) is 1. The number of furan rings is 1. The Labute approximate surface area is 146 Å². The fourth-order valence-electron chi connectivity index (χ4n) is 2.65. The monoisotopic (exact) mass is 339 g/mol. The Balaban J connectivity index is 1.66. The van der Waals surface area contributed by atoms with Gasteiger partial charge in [-0.3, -0.25) is 9.48 Å². The van der Waals surface area contributed by atoms with E-state index in [1.165, 1.54) is 0 Å². The van der Waals surface area contributed by atoms with E-state index >= 15 is 0 Å². The number of para-hydroxylation sites is 1. The van der Waals surface area contributed by atoms with Crippen molar-refractivity contribution in [3.8, 4) is 5.75 Å². The van der Waals surface area contributed by atoms with Gasteiger partial charge in [-0.2, -0.15) is 5.10 Å². The van der Waals surface area contributed by atoms with Gasteiger partial charge >= 0.3 is 0 Å². The first-order valence-electron chi connectivity index (χ1n) is 8.03. The number of aryl methyl sites for hydroxylation is 4. The van der Waals surface area contributed by atoms with Crippen LogP contribution in [-0.2, 0) is 13.7 Å². The number of aromatic nitrogens is 2. The molecule has 3 rings (SSSR count). The highest BCUT2D eigenvalue weighted by Gasteiger charge is 2.14. The van der Waals surface area contributed by atoms with Crippen LogP contribution in [0, 0.1) is 20.8 Å². The lowest BCUT2D eigenvalue weighted by Gasteiger charge is -2.10. The molecule has 0 aliphatic carbocycles. The van der Waals surface area contributed by atoms with Gasteiger partial charge in [0.25, 0.3) is 5.91 Å². The second kappa shape index (κ2) is 6.84. The molecular formula is C19H21N3O3. The van der Waals surface area contributed by atoms with Crippen molar-refractivity contribution in [3.63, 3.8) is 0 Å². The minimum atomic E-state index is -0.311. The summed E-state index contributed by atoms with van der Waals surface area (Å²) in [5.74, 6) is 1.37. The predicted octanol–water partition coefficient (Wildman–Crippen LogP) is 3.77. The first-order chi connectivity index (χ1) is 11.9. The van der Waals surface area contributed by atoms with Crippen molar-refractivity contribution >= 4 is 11.6 Å². The number of nitrogens with zero attached hydrogens (tertiary/aromatic N) is 2. The lowest BCUT2D eigenvalue weighted by molar-refractivity contribution is 0.0992. The van der Waals surface area contributed by atoms with E-state index < -0.39 is 0 Å². The quantitative estimate of drug-likeness (QED) is 0.768. The number of carbonyl (C=O) groups excluding carboxylic acids is 1. The number of benzene rings is 1. The predicted molar refractivity (Wildman–Crippen MR) is 94.9 cm³/mol. The van der Waals surface area contributed by atoms with Gasteiger partial charge in [0.1, 0.15) is 18.1 Å². The Bertz CT molecular complexity index is 888. The number of hydrogen-bond donors (Lipinski definition) is 1. The van der Waals surface area contributed by atoms with E-state index in [-0.39, 0.29) is 18.3 Å². The molecule has 0 bridgehead atoms. The molecule has 0 saturated heterocycles. The normalized spacial score (nSPS) is 10.7. The summed E-state index contributed by atoms with van der Waals surface area (Å²) in [6.45, 7) is 6.10. The minimum Gasteiger partial charge on any atom is -0.485 e. The number of amides is 1. The van der Waals surface area contributed by atoms with Crippen LogP contribution in [0.5, 0.6) is 5.75 Å². The van der Waals surface area contributed by atoms with Gasteiger partial charge in [-0.25, -0.2) is 0 Å². The van der Waals surface area contributed by atoms with Crippen LogP contribution in [0.2, 0.25) is 0 Å². The smallest absolute Gasteiger partial charge is 0.291 e. The maximum atomic E-state index is 12.3. The van der Waals surface area contributed by atoms with Crippen LogP contribution in [0.4, 0.5) is 5.69 Å². The summed E-state index contributed by atoms with van der Waals surface area (Å²) in [5, 5.41) is 6.99. The highest BCUT2D eigenvalue weighted by molar-refractivity contribution is 6.02. The third kappa shape index (κ3) is 3.74. The van der Waals surface area contributed by atoms with Crippen LogP contribution in [0.25, 0.3) is 0 Å². The van der Waals surface area contributed by atoms with Crippen molar-refractivity contribution < 1.29 is 13.9 Å². The van der Waals surface area contributed by atoms with Crippen molar-refractivity contribution in [2.45, 2.75) is 27.4 Å². The number of hydrogen-bond acceptors (Lipinski definition) is 4. The molecule has 0 radical (unpaired) electrons. The van der Waals surface area contributed by atoms with E-state index in [4.69, 9.17) is 9.15 Å². The number of ether oxygens (including phenoxy) is 1. The van der Waals surface area contributed by atoms with Gasteiger partial charge in [0.05, 0.1) is 11.4 Å². The molecule has 0 unspecified atom stereocenters. The topological polar surface area (TPSA) is 69.3 Å². The lowest BCUT2D eigenvalue weighted by Crippen LogP contribution is -2.11. The number of anilines is 1. The second-order valence-corrected chi connectivity index (χ2v) is 6.03. The highest BCUT2D eigenvalue weighted by atomic mass is 16.5. The van der Waals surface area contributed by atoms with Gasteiger partial charge < -0.3 is 14.5 Å². The van der Waals surface area contributed by atoms with Crippen LogP contribution < -0.4 is 10.1 Å². The molecule has 3 aromatic rings. The van der Waals surface area contributed by atoms with Gasteiger partial charge in [0.2, 0.25) is 0 Å². The first kappa shape index (κ1) is 16.8. The largest absolute Gasteiger partial charge is 0.485 e. The van der Waals surface area contributed by atoms with E-state index in [1.807, 2.05) is 39.0 Å². The van der Waals surface area contributed by atoms with Crippen LogP contribution in [-0.4, -0.2) is 15.7 Å². The molecule has 0 fully saturated rings. The van der Waals surface area contributed by atoms with Gasteiger partial charge in [-0.05, 0) is 44.0 Å². The SMILES string of the molecule is Cc1cccc(C)c1OCc1ccc(C(=O)Nc2cn(C)nc2C)o1. The van der Waals surface area contributed by atoms with Crippen LogP contribution >= 0.6 is 0 Å². The van der Waals surface area contributed by atoms with Crippen LogP contribution in [0.3, 0.4) is 0 Å². The molecular weight excluding hydrogens is 318 g/mol. The van der Waals surface area contributed by atoms with Crippen molar-refractivity contribution in [2.24, 2.45) is 7.05 Å². The summed E-state index contributed by atoms with van der Waals surface area (Å²) in [5.41, 5.74) is 3.55. The molecule has 1 N–H and O–H groups in total. The molecule has 0 saturated carbocycles. The highest BCUT2D eigenvalue weighted by Crippen LogP contribution is 2.24. The van der Waals surface area contributed by atoms with Crippen LogP contribution in [0.15, 0.2) is 40.9 Å². The Kier molecular flexibility index (Phi) is 4.61. The van der Waals surface area contributed by atoms with E-state index in [9.17, 15) is 4.79 Å². The van der Waals surface area contributed by atoms with Gasteiger partial charge in [0, 0.05) is 13.2 Å². The molecule has 1 aromatic carbocycles. The zero-order valence-electron chi connectivity index (χ0n) is 14.8. The summed E-state index contributed by atoms with van der Waals surface area (Å²) < 4.78 is 13.1. The van der Waals surface area contributed by atoms with E-state index in [0.717, 1.165) is 22.6 Å². The van der Waals surface area contributed by atoms with Gasteiger partial charge in [-0.1, -0.05) is 18.2 Å². The van der Waals surface area contributed by atoms with Crippen molar-refractivity contribution in [1.29, 1.82) is 0 Å². The summed E-state index contributed by atoms with van der Waals surface area (Å²) >= 11 is 0. The fourth-order valence-corrected chi connectivity index (χ4v) is 2.65. The Morgan fingerprint density at radius 3 is 2.56 bits per heavy atom. The molecule has 25 heavy (non-hydrogen) atoms. The number of rotatable bonds is 5. The molecule has 2 aromatic heterocycles. The molecule has 0 aliphatic heterocycles. The standard InChI is InChI=1S/C19H21N3O3/c1-12-6-5-7-13(2)18(12)24-11-15-8-9-17(25-15)19(23)20-16-10-22(4)21-14(16)3/h5-10H,11H2,1-4H3,(H,20,23). The molecule has 6 nitrogen and oxygen atoms in total. The molecule has 6 heteroatoms. The number of carbonyl (C=O) groups is 1. The van der Waals surface area contributed by atoms with E-state index in [1.54, 1.807) is 30.1 Å². The fraction of sp³-hybridized carbons (Fsp3) is 0.263. The lowest BCUT2D eigenvalue weighted by atomic mass is 10.1. The zero-order valence-corrected chi connectivity index (χ0v) is 14.8. The molecule has 1 amide bonds. The average molecular weight is 339 g/mol. The van der Waals surface area contributed by atoms with Crippen molar-refractivity contribution in [3.05, 3.63) is 64.9 Å². The van der Waals surface area contributed by atoms with Crippen molar-refractivity contribution in [1.82, 2.24) is 9.78 Å². The minimum absolute atomic E-state index is 0.239. The van der Waals surface area contributed by atoms with E-state index in [0.29, 0.717) is 11.4 Å². The Morgan fingerprint density at radius 2 is 1.92 bits per heavy atom. The molecule has 0 spiro atoms. The summed E-state index contributed by atoms with van der Waals surface area (Å²) in [6, 6.07) is 9.38. The van der Waals surface area contributed by atoms with Gasteiger partial charge in [0.15, 0.2) is 5.76 Å².